The Morgan fingerprint density at radius 2 is 2.25 bits per heavy atom. The molecule has 1 aromatic carbocycles. The maximum Gasteiger partial charge on any atom is 0.229 e. The number of aryl methyl sites for hydroxylation is 3. The third kappa shape index (κ3) is 3.82. The second kappa shape index (κ2) is 7.13. The fourth-order valence-corrected chi connectivity index (χ4v) is 3.72. The number of hydrogen-bond donors (Lipinski definition) is 1. The Balaban J connectivity index is 1.54. The Kier molecular flexibility index (Phi) is 4.94. The summed E-state index contributed by atoms with van der Waals surface area (Å²) < 4.78 is 0. The molecular formula is C18H21N3O2S. The summed E-state index contributed by atoms with van der Waals surface area (Å²) in [5.41, 5.74) is 4.82. The molecule has 1 fully saturated rings. The van der Waals surface area contributed by atoms with E-state index < -0.39 is 0 Å². The van der Waals surface area contributed by atoms with Crippen LogP contribution in [0.1, 0.15) is 29.0 Å². The summed E-state index contributed by atoms with van der Waals surface area (Å²) in [6.07, 6.45) is 1.49. The van der Waals surface area contributed by atoms with Crippen molar-refractivity contribution >= 4 is 28.8 Å². The fraction of sp³-hybridized carbons (Fsp3) is 0.389. The minimum Gasteiger partial charge on any atom is -0.351 e. The lowest BCUT2D eigenvalue weighted by molar-refractivity contribution is -0.121. The number of rotatable bonds is 5. The number of nitrogens with zero attached hydrogens (tertiary/aromatic N) is 2. The average Bonchev–Trinajstić information content (AvgIpc) is 3.11. The van der Waals surface area contributed by atoms with E-state index in [1.54, 1.807) is 21.7 Å². The van der Waals surface area contributed by atoms with Crippen molar-refractivity contribution < 1.29 is 9.59 Å². The van der Waals surface area contributed by atoms with Crippen LogP contribution >= 0.6 is 11.3 Å². The second-order valence-corrected chi connectivity index (χ2v) is 7.11. The zero-order valence-corrected chi connectivity index (χ0v) is 14.7. The van der Waals surface area contributed by atoms with Crippen molar-refractivity contribution in [1.29, 1.82) is 0 Å². The van der Waals surface area contributed by atoms with Gasteiger partial charge in [0, 0.05) is 30.0 Å². The van der Waals surface area contributed by atoms with Crippen LogP contribution in [0.4, 0.5) is 5.69 Å². The van der Waals surface area contributed by atoms with Crippen LogP contribution in [0.3, 0.4) is 0 Å². The third-order valence-corrected chi connectivity index (χ3v) is 5.22. The van der Waals surface area contributed by atoms with E-state index in [0.29, 0.717) is 25.8 Å². The number of carbonyl (C=O) groups is 2. The molecule has 2 amide bonds. The molecule has 0 saturated carbocycles. The van der Waals surface area contributed by atoms with Crippen LogP contribution in [0.15, 0.2) is 29.8 Å². The SMILES string of the molecule is Cc1cccc(N2C[C@H](NC(=O)CCc3scnc3C)CC2=O)c1. The van der Waals surface area contributed by atoms with Gasteiger partial charge in [-0.15, -0.1) is 11.3 Å². The van der Waals surface area contributed by atoms with Gasteiger partial charge in [0.2, 0.25) is 11.8 Å². The van der Waals surface area contributed by atoms with Crippen molar-refractivity contribution in [3.8, 4) is 0 Å². The Hall–Kier alpha value is -2.21. The van der Waals surface area contributed by atoms with Crippen molar-refractivity contribution in [3.63, 3.8) is 0 Å². The van der Waals surface area contributed by atoms with Gasteiger partial charge in [-0.25, -0.2) is 4.98 Å². The van der Waals surface area contributed by atoms with E-state index in [0.717, 1.165) is 21.8 Å². The van der Waals surface area contributed by atoms with E-state index >= 15 is 0 Å². The molecular weight excluding hydrogens is 322 g/mol. The first-order valence-corrected chi connectivity index (χ1v) is 8.96. The lowest BCUT2D eigenvalue weighted by atomic mass is 10.2. The lowest BCUT2D eigenvalue weighted by Crippen LogP contribution is -2.37. The maximum atomic E-state index is 12.2. The van der Waals surface area contributed by atoms with E-state index in [9.17, 15) is 9.59 Å². The number of anilines is 1. The molecule has 2 heterocycles. The van der Waals surface area contributed by atoms with Crippen LogP contribution in [-0.2, 0) is 16.0 Å². The quantitative estimate of drug-likeness (QED) is 0.908. The first-order valence-electron chi connectivity index (χ1n) is 8.08. The van der Waals surface area contributed by atoms with Crippen molar-refractivity contribution in [3.05, 3.63) is 45.9 Å². The topological polar surface area (TPSA) is 62.3 Å². The van der Waals surface area contributed by atoms with Crippen molar-refractivity contribution in [2.45, 2.75) is 39.2 Å². The summed E-state index contributed by atoms with van der Waals surface area (Å²) in [6.45, 7) is 4.50. The standard InChI is InChI=1S/C18H21N3O2S/c1-12-4-3-5-15(8-12)21-10-14(9-18(21)23)20-17(22)7-6-16-13(2)19-11-24-16/h3-5,8,11,14H,6-7,9-10H2,1-2H3,(H,20,22)/t14-/m1/s1. The maximum absolute atomic E-state index is 12.2. The number of nitrogens with one attached hydrogen (secondary N) is 1. The van der Waals surface area contributed by atoms with E-state index in [2.05, 4.69) is 10.3 Å². The third-order valence-electron chi connectivity index (χ3n) is 4.23. The zero-order valence-electron chi connectivity index (χ0n) is 13.9. The molecule has 5 nitrogen and oxygen atoms in total. The van der Waals surface area contributed by atoms with Gasteiger partial charge in [-0.2, -0.15) is 0 Å². The number of benzene rings is 1. The molecule has 3 rings (SSSR count). The van der Waals surface area contributed by atoms with Gasteiger partial charge in [-0.1, -0.05) is 12.1 Å². The predicted octanol–water partition coefficient (Wildman–Crippen LogP) is 2.61. The van der Waals surface area contributed by atoms with Crippen molar-refractivity contribution in [2.75, 3.05) is 11.4 Å². The van der Waals surface area contributed by atoms with Crippen LogP contribution in [0, 0.1) is 13.8 Å². The molecule has 0 aliphatic carbocycles. The normalized spacial score (nSPS) is 17.3. The van der Waals surface area contributed by atoms with Gasteiger partial charge in [-0.3, -0.25) is 9.59 Å². The van der Waals surface area contributed by atoms with Crippen LogP contribution < -0.4 is 10.2 Å². The molecule has 2 aromatic rings. The molecule has 1 aromatic heterocycles. The van der Waals surface area contributed by atoms with Crippen LogP contribution in [-0.4, -0.2) is 29.4 Å². The van der Waals surface area contributed by atoms with E-state index in [1.807, 2.05) is 38.1 Å². The van der Waals surface area contributed by atoms with Gasteiger partial charge in [-0.05, 0) is 38.0 Å². The number of aromatic nitrogens is 1. The molecule has 1 saturated heterocycles. The molecule has 1 atom stereocenters. The van der Waals surface area contributed by atoms with E-state index in [4.69, 9.17) is 0 Å². The minimum atomic E-state index is -0.118. The molecule has 6 heteroatoms. The van der Waals surface area contributed by atoms with Gasteiger partial charge in [0.15, 0.2) is 0 Å². The first kappa shape index (κ1) is 16.6. The molecule has 0 spiro atoms. The molecule has 1 aliphatic rings. The summed E-state index contributed by atoms with van der Waals surface area (Å²) in [6, 6.07) is 7.76. The highest BCUT2D eigenvalue weighted by Crippen LogP contribution is 2.22. The Labute approximate surface area is 145 Å². The number of carbonyl (C=O) groups excluding carboxylic acids is 2. The van der Waals surface area contributed by atoms with Gasteiger partial charge in [0.25, 0.3) is 0 Å². The first-order chi connectivity index (χ1) is 11.5. The highest BCUT2D eigenvalue weighted by atomic mass is 32.1. The number of thiazole rings is 1. The largest absolute Gasteiger partial charge is 0.351 e. The summed E-state index contributed by atoms with van der Waals surface area (Å²) in [7, 11) is 0. The van der Waals surface area contributed by atoms with Crippen molar-refractivity contribution in [2.24, 2.45) is 0 Å². The zero-order chi connectivity index (χ0) is 17.1. The van der Waals surface area contributed by atoms with Crippen LogP contribution in [0.25, 0.3) is 0 Å². The summed E-state index contributed by atoms with van der Waals surface area (Å²) in [5, 5.41) is 2.99. The molecule has 126 valence electrons. The predicted molar refractivity (Wildman–Crippen MR) is 95.3 cm³/mol. The number of amides is 2. The van der Waals surface area contributed by atoms with Gasteiger partial charge < -0.3 is 10.2 Å². The highest BCUT2D eigenvalue weighted by Gasteiger charge is 2.31. The highest BCUT2D eigenvalue weighted by molar-refractivity contribution is 7.09. The van der Waals surface area contributed by atoms with Gasteiger partial charge >= 0.3 is 0 Å². The Morgan fingerprint density at radius 3 is 2.96 bits per heavy atom. The van der Waals surface area contributed by atoms with Crippen molar-refractivity contribution in [1.82, 2.24) is 10.3 Å². The molecule has 0 bridgehead atoms. The fourth-order valence-electron chi connectivity index (χ4n) is 2.94. The number of hydrogen-bond acceptors (Lipinski definition) is 4. The molecule has 0 radical (unpaired) electrons. The van der Waals surface area contributed by atoms with Gasteiger partial charge in [0.05, 0.1) is 17.2 Å². The monoisotopic (exact) mass is 343 g/mol. The van der Waals surface area contributed by atoms with Gasteiger partial charge in [0.1, 0.15) is 0 Å². The average molecular weight is 343 g/mol. The Morgan fingerprint density at radius 1 is 1.42 bits per heavy atom. The van der Waals surface area contributed by atoms with Crippen LogP contribution in [0.5, 0.6) is 0 Å². The molecule has 24 heavy (non-hydrogen) atoms. The Bertz CT molecular complexity index is 756. The minimum absolute atomic E-state index is 0.00769. The summed E-state index contributed by atoms with van der Waals surface area (Å²) in [5.74, 6) is 0.0518. The second-order valence-electron chi connectivity index (χ2n) is 6.17. The molecule has 0 unspecified atom stereocenters. The summed E-state index contributed by atoms with van der Waals surface area (Å²) in [4.78, 5) is 31.5. The van der Waals surface area contributed by atoms with E-state index in [1.165, 1.54) is 0 Å². The summed E-state index contributed by atoms with van der Waals surface area (Å²) >= 11 is 1.58. The smallest absolute Gasteiger partial charge is 0.229 e. The van der Waals surface area contributed by atoms with Crippen LogP contribution in [0.2, 0.25) is 0 Å². The lowest BCUT2D eigenvalue weighted by Gasteiger charge is -2.17. The van der Waals surface area contributed by atoms with E-state index in [-0.39, 0.29) is 17.9 Å². The molecule has 1 aliphatic heterocycles. The molecule has 1 N–H and O–H groups in total.